The SMILES string of the molecule is CCN(Cc1cccs1)c1ncc(CNC)c(C)n1. The summed E-state index contributed by atoms with van der Waals surface area (Å²) in [5.41, 5.74) is 2.20. The van der Waals surface area contributed by atoms with E-state index in [4.69, 9.17) is 0 Å². The number of nitrogens with one attached hydrogen (secondary N) is 1. The van der Waals surface area contributed by atoms with Gasteiger partial charge in [0, 0.05) is 35.4 Å². The van der Waals surface area contributed by atoms with Crippen LogP contribution in [0.2, 0.25) is 0 Å². The predicted molar refractivity (Wildman–Crippen MR) is 80.6 cm³/mol. The van der Waals surface area contributed by atoms with Crippen molar-refractivity contribution < 1.29 is 0 Å². The van der Waals surface area contributed by atoms with Crippen molar-refractivity contribution in [3.8, 4) is 0 Å². The highest BCUT2D eigenvalue weighted by atomic mass is 32.1. The second-order valence-electron chi connectivity index (χ2n) is 4.40. The summed E-state index contributed by atoms with van der Waals surface area (Å²) in [6, 6.07) is 4.23. The van der Waals surface area contributed by atoms with Crippen LogP contribution in [0.3, 0.4) is 0 Å². The van der Waals surface area contributed by atoms with Gasteiger partial charge in [-0.15, -0.1) is 11.3 Å². The number of thiophene rings is 1. The summed E-state index contributed by atoms with van der Waals surface area (Å²) in [4.78, 5) is 12.6. The molecule has 0 saturated carbocycles. The molecule has 0 spiro atoms. The molecule has 19 heavy (non-hydrogen) atoms. The predicted octanol–water partition coefficient (Wildman–Crippen LogP) is 2.59. The van der Waals surface area contributed by atoms with E-state index >= 15 is 0 Å². The number of hydrogen-bond acceptors (Lipinski definition) is 5. The highest BCUT2D eigenvalue weighted by Crippen LogP contribution is 2.17. The van der Waals surface area contributed by atoms with Crippen LogP contribution in [0.4, 0.5) is 5.95 Å². The van der Waals surface area contributed by atoms with Crippen LogP contribution in [0.1, 0.15) is 23.1 Å². The highest BCUT2D eigenvalue weighted by Gasteiger charge is 2.10. The fraction of sp³-hybridized carbons (Fsp3) is 0.429. The number of nitrogens with zero attached hydrogens (tertiary/aromatic N) is 3. The van der Waals surface area contributed by atoms with Crippen molar-refractivity contribution in [3.63, 3.8) is 0 Å². The molecule has 1 N–H and O–H groups in total. The highest BCUT2D eigenvalue weighted by molar-refractivity contribution is 7.09. The first-order valence-electron chi connectivity index (χ1n) is 6.49. The molecule has 0 unspecified atom stereocenters. The molecular formula is C14H20N4S. The molecule has 0 amide bonds. The van der Waals surface area contributed by atoms with Gasteiger partial charge in [-0.05, 0) is 32.3 Å². The zero-order valence-electron chi connectivity index (χ0n) is 11.7. The van der Waals surface area contributed by atoms with Crippen LogP contribution in [0, 0.1) is 6.92 Å². The van der Waals surface area contributed by atoms with Crippen molar-refractivity contribution in [2.24, 2.45) is 0 Å². The second kappa shape index (κ2) is 6.63. The largest absolute Gasteiger partial charge is 0.336 e. The number of anilines is 1. The first-order chi connectivity index (χ1) is 9.24. The van der Waals surface area contributed by atoms with Crippen LogP contribution in [-0.2, 0) is 13.1 Å². The van der Waals surface area contributed by atoms with Crippen LogP contribution in [0.5, 0.6) is 0 Å². The molecule has 2 heterocycles. The Kier molecular flexibility index (Phi) is 4.87. The van der Waals surface area contributed by atoms with Crippen molar-refractivity contribution in [2.75, 3.05) is 18.5 Å². The maximum atomic E-state index is 4.62. The van der Waals surface area contributed by atoms with Gasteiger partial charge in [0.1, 0.15) is 0 Å². The molecule has 0 saturated heterocycles. The first kappa shape index (κ1) is 14.0. The molecule has 102 valence electrons. The van der Waals surface area contributed by atoms with Crippen LogP contribution in [0.25, 0.3) is 0 Å². The lowest BCUT2D eigenvalue weighted by Crippen LogP contribution is -2.24. The van der Waals surface area contributed by atoms with Gasteiger partial charge in [0.05, 0.1) is 6.54 Å². The molecule has 0 aliphatic carbocycles. The Balaban J connectivity index is 2.16. The Morgan fingerprint density at radius 3 is 2.84 bits per heavy atom. The minimum atomic E-state index is 0.809. The molecular weight excluding hydrogens is 256 g/mol. The van der Waals surface area contributed by atoms with Gasteiger partial charge in [-0.2, -0.15) is 0 Å². The molecule has 0 atom stereocenters. The normalized spacial score (nSPS) is 10.7. The zero-order chi connectivity index (χ0) is 13.7. The van der Waals surface area contributed by atoms with E-state index in [0.29, 0.717) is 0 Å². The minimum Gasteiger partial charge on any atom is -0.336 e. The van der Waals surface area contributed by atoms with Gasteiger partial charge in [-0.3, -0.25) is 0 Å². The Hall–Kier alpha value is -1.46. The molecule has 2 aromatic heterocycles. The van der Waals surface area contributed by atoms with Gasteiger partial charge in [-0.1, -0.05) is 6.07 Å². The van der Waals surface area contributed by atoms with Gasteiger partial charge in [0.15, 0.2) is 0 Å². The lowest BCUT2D eigenvalue weighted by atomic mass is 10.2. The van der Waals surface area contributed by atoms with E-state index in [0.717, 1.165) is 36.8 Å². The minimum absolute atomic E-state index is 0.809. The van der Waals surface area contributed by atoms with E-state index in [2.05, 4.69) is 44.6 Å². The standard InChI is InChI=1S/C14H20N4S/c1-4-18(10-13-6-5-7-19-13)14-16-9-12(8-15-3)11(2)17-14/h5-7,9,15H,4,8,10H2,1-3H3. The van der Waals surface area contributed by atoms with E-state index in [1.807, 2.05) is 20.2 Å². The van der Waals surface area contributed by atoms with Crippen molar-refractivity contribution in [1.82, 2.24) is 15.3 Å². The average molecular weight is 276 g/mol. The van der Waals surface area contributed by atoms with Gasteiger partial charge < -0.3 is 10.2 Å². The van der Waals surface area contributed by atoms with Gasteiger partial charge in [0.2, 0.25) is 5.95 Å². The molecule has 0 bridgehead atoms. The smallest absolute Gasteiger partial charge is 0.225 e. The first-order valence-corrected chi connectivity index (χ1v) is 7.37. The number of aryl methyl sites for hydroxylation is 1. The number of rotatable bonds is 6. The Labute approximate surface area is 118 Å². The summed E-state index contributed by atoms with van der Waals surface area (Å²) < 4.78 is 0. The van der Waals surface area contributed by atoms with Crippen molar-refractivity contribution in [2.45, 2.75) is 26.9 Å². The fourth-order valence-electron chi connectivity index (χ4n) is 1.91. The quantitative estimate of drug-likeness (QED) is 0.880. The molecule has 2 aromatic rings. The third-order valence-electron chi connectivity index (χ3n) is 3.03. The molecule has 0 fully saturated rings. The summed E-state index contributed by atoms with van der Waals surface area (Å²) in [6.45, 7) is 6.76. The van der Waals surface area contributed by atoms with E-state index in [1.165, 1.54) is 4.88 Å². The summed E-state index contributed by atoms with van der Waals surface area (Å²) >= 11 is 1.77. The number of hydrogen-bond donors (Lipinski definition) is 1. The third-order valence-corrected chi connectivity index (χ3v) is 3.89. The van der Waals surface area contributed by atoms with E-state index in [9.17, 15) is 0 Å². The van der Waals surface area contributed by atoms with Crippen LogP contribution < -0.4 is 10.2 Å². The molecule has 5 heteroatoms. The van der Waals surface area contributed by atoms with E-state index < -0.39 is 0 Å². The summed E-state index contributed by atoms with van der Waals surface area (Å²) in [5.74, 6) is 0.813. The second-order valence-corrected chi connectivity index (χ2v) is 5.44. The Morgan fingerprint density at radius 1 is 1.42 bits per heavy atom. The van der Waals surface area contributed by atoms with Gasteiger partial charge in [0.25, 0.3) is 0 Å². The van der Waals surface area contributed by atoms with E-state index in [-0.39, 0.29) is 0 Å². The Morgan fingerprint density at radius 2 is 2.26 bits per heavy atom. The maximum absolute atomic E-state index is 4.62. The summed E-state index contributed by atoms with van der Waals surface area (Å²) in [7, 11) is 1.93. The molecule has 0 aliphatic heterocycles. The summed E-state index contributed by atoms with van der Waals surface area (Å²) in [5, 5.41) is 5.23. The molecule has 0 aromatic carbocycles. The third kappa shape index (κ3) is 3.52. The monoisotopic (exact) mass is 276 g/mol. The van der Waals surface area contributed by atoms with Crippen molar-refractivity contribution in [1.29, 1.82) is 0 Å². The van der Waals surface area contributed by atoms with Crippen molar-refractivity contribution in [3.05, 3.63) is 39.8 Å². The van der Waals surface area contributed by atoms with Crippen LogP contribution in [-0.4, -0.2) is 23.6 Å². The van der Waals surface area contributed by atoms with Crippen LogP contribution >= 0.6 is 11.3 Å². The summed E-state index contributed by atoms with van der Waals surface area (Å²) in [6.07, 6.45) is 1.92. The lowest BCUT2D eigenvalue weighted by Gasteiger charge is -2.20. The topological polar surface area (TPSA) is 41.1 Å². The fourth-order valence-corrected chi connectivity index (χ4v) is 2.63. The molecule has 0 radical (unpaired) electrons. The van der Waals surface area contributed by atoms with Crippen LogP contribution in [0.15, 0.2) is 23.7 Å². The molecule has 4 nitrogen and oxygen atoms in total. The Bertz CT molecular complexity index is 510. The molecule has 0 aliphatic rings. The maximum Gasteiger partial charge on any atom is 0.225 e. The zero-order valence-corrected chi connectivity index (χ0v) is 12.5. The molecule has 2 rings (SSSR count). The number of aromatic nitrogens is 2. The van der Waals surface area contributed by atoms with Crippen molar-refractivity contribution >= 4 is 17.3 Å². The van der Waals surface area contributed by atoms with Gasteiger partial charge in [-0.25, -0.2) is 9.97 Å². The lowest BCUT2D eigenvalue weighted by molar-refractivity contribution is 0.767. The average Bonchev–Trinajstić information content (AvgIpc) is 2.91. The van der Waals surface area contributed by atoms with Gasteiger partial charge >= 0.3 is 0 Å². The van der Waals surface area contributed by atoms with E-state index in [1.54, 1.807) is 11.3 Å².